The second-order valence-electron chi connectivity index (χ2n) is 2.73. The van der Waals surface area contributed by atoms with Crippen LogP contribution in [0.1, 0.15) is 13.3 Å². The highest BCUT2D eigenvalue weighted by Crippen LogP contribution is 2.34. The summed E-state index contributed by atoms with van der Waals surface area (Å²) < 4.78 is 9.93. The van der Waals surface area contributed by atoms with E-state index in [0.717, 1.165) is 6.42 Å². The summed E-state index contributed by atoms with van der Waals surface area (Å²) in [4.78, 5) is 11.0. The van der Waals surface area contributed by atoms with Gasteiger partial charge in [0.05, 0.1) is 31.8 Å². The lowest BCUT2D eigenvalue weighted by Crippen LogP contribution is -2.11. The Morgan fingerprint density at radius 3 is 3.00 bits per heavy atom. The zero-order valence-electron chi connectivity index (χ0n) is 7.16. The summed E-state index contributed by atoms with van der Waals surface area (Å²) in [5.74, 6) is -0.267. The Labute approximate surface area is 71.5 Å². The fourth-order valence-corrected chi connectivity index (χ4v) is 1.06. The van der Waals surface area contributed by atoms with Crippen LogP contribution < -0.4 is 0 Å². The second-order valence-corrected chi connectivity index (χ2v) is 2.73. The van der Waals surface area contributed by atoms with Crippen molar-refractivity contribution < 1.29 is 19.4 Å². The van der Waals surface area contributed by atoms with E-state index in [4.69, 9.17) is 14.6 Å². The van der Waals surface area contributed by atoms with Gasteiger partial charge in [0, 0.05) is 0 Å². The van der Waals surface area contributed by atoms with Crippen molar-refractivity contribution in [3.63, 3.8) is 0 Å². The van der Waals surface area contributed by atoms with Crippen molar-refractivity contribution in [2.24, 2.45) is 5.92 Å². The molecule has 0 heterocycles. The van der Waals surface area contributed by atoms with E-state index in [1.807, 2.05) is 0 Å². The van der Waals surface area contributed by atoms with Crippen LogP contribution in [0.2, 0.25) is 0 Å². The van der Waals surface area contributed by atoms with Crippen molar-refractivity contribution in [2.75, 3.05) is 19.8 Å². The normalized spacial score (nSPS) is 26.8. The van der Waals surface area contributed by atoms with E-state index in [9.17, 15) is 4.79 Å². The van der Waals surface area contributed by atoms with Crippen molar-refractivity contribution in [1.82, 2.24) is 0 Å². The van der Waals surface area contributed by atoms with E-state index in [2.05, 4.69) is 0 Å². The van der Waals surface area contributed by atoms with E-state index in [-0.39, 0.29) is 24.6 Å². The maximum absolute atomic E-state index is 11.0. The maximum Gasteiger partial charge on any atom is 0.311 e. The van der Waals surface area contributed by atoms with E-state index < -0.39 is 0 Å². The van der Waals surface area contributed by atoms with E-state index >= 15 is 0 Å². The number of carbonyl (C=O) groups excluding carboxylic acids is 1. The molecule has 0 aromatic heterocycles. The number of hydrogen-bond donors (Lipinski definition) is 1. The van der Waals surface area contributed by atoms with Gasteiger partial charge in [0.25, 0.3) is 0 Å². The van der Waals surface area contributed by atoms with Gasteiger partial charge in [-0.15, -0.1) is 0 Å². The SMILES string of the molecule is CCOC(=O)[C@@H]1C[C@H]1OCCO. The first-order valence-corrected chi connectivity index (χ1v) is 4.18. The quantitative estimate of drug-likeness (QED) is 0.593. The molecule has 1 N–H and O–H groups in total. The maximum atomic E-state index is 11.0. The second kappa shape index (κ2) is 4.42. The molecule has 1 aliphatic rings. The lowest BCUT2D eigenvalue weighted by atomic mass is 10.4. The highest BCUT2D eigenvalue weighted by atomic mass is 16.5. The molecule has 1 aliphatic carbocycles. The Balaban J connectivity index is 2.10. The molecular formula is C8H14O4. The molecule has 1 fully saturated rings. The van der Waals surface area contributed by atoms with Gasteiger partial charge in [0.2, 0.25) is 0 Å². The predicted molar refractivity (Wildman–Crippen MR) is 41.6 cm³/mol. The van der Waals surface area contributed by atoms with Crippen LogP contribution in [0.15, 0.2) is 0 Å². The van der Waals surface area contributed by atoms with Crippen LogP contribution in [0.5, 0.6) is 0 Å². The number of rotatable bonds is 5. The molecule has 0 bridgehead atoms. The highest BCUT2D eigenvalue weighted by Gasteiger charge is 2.45. The molecule has 2 atom stereocenters. The lowest BCUT2D eigenvalue weighted by molar-refractivity contribution is -0.145. The molecular weight excluding hydrogens is 160 g/mol. The van der Waals surface area contributed by atoms with Gasteiger partial charge in [-0.25, -0.2) is 0 Å². The molecule has 0 aromatic rings. The van der Waals surface area contributed by atoms with Gasteiger partial charge >= 0.3 is 5.97 Å². The summed E-state index contributed by atoms with van der Waals surface area (Å²) in [6.45, 7) is 2.51. The summed E-state index contributed by atoms with van der Waals surface area (Å²) in [6.07, 6.45) is 0.718. The number of aliphatic hydroxyl groups excluding tert-OH is 1. The summed E-state index contributed by atoms with van der Waals surface area (Å²) >= 11 is 0. The Morgan fingerprint density at radius 2 is 2.42 bits per heavy atom. The van der Waals surface area contributed by atoms with Gasteiger partial charge in [-0.3, -0.25) is 4.79 Å². The zero-order valence-corrected chi connectivity index (χ0v) is 7.16. The van der Waals surface area contributed by atoms with Gasteiger partial charge in [-0.1, -0.05) is 0 Å². The Kier molecular flexibility index (Phi) is 3.49. The third kappa shape index (κ3) is 2.46. The van der Waals surface area contributed by atoms with Crippen LogP contribution in [0.4, 0.5) is 0 Å². The lowest BCUT2D eigenvalue weighted by Gasteiger charge is -2.01. The third-order valence-electron chi connectivity index (χ3n) is 1.74. The first-order valence-electron chi connectivity index (χ1n) is 4.18. The molecule has 4 heteroatoms. The molecule has 0 unspecified atom stereocenters. The van der Waals surface area contributed by atoms with Gasteiger partial charge < -0.3 is 14.6 Å². The van der Waals surface area contributed by atoms with Crippen molar-refractivity contribution in [2.45, 2.75) is 19.4 Å². The van der Waals surface area contributed by atoms with Crippen LogP contribution in [0.3, 0.4) is 0 Å². The minimum Gasteiger partial charge on any atom is -0.466 e. The summed E-state index contributed by atoms with van der Waals surface area (Å²) in [7, 11) is 0. The monoisotopic (exact) mass is 174 g/mol. The molecule has 70 valence electrons. The summed E-state index contributed by atoms with van der Waals surface area (Å²) in [5.41, 5.74) is 0. The Hall–Kier alpha value is -0.610. The molecule has 0 saturated heterocycles. The van der Waals surface area contributed by atoms with E-state index in [0.29, 0.717) is 13.2 Å². The molecule has 1 saturated carbocycles. The summed E-state index contributed by atoms with van der Waals surface area (Å²) in [6, 6.07) is 0. The number of ether oxygens (including phenoxy) is 2. The van der Waals surface area contributed by atoms with Crippen molar-refractivity contribution in [1.29, 1.82) is 0 Å². The number of hydrogen-bond acceptors (Lipinski definition) is 4. The third-order valence-corrected chi connectivity index (χ3v) is 1.74. The summed E-state index contributed by atoms with van der Waals surface area (Å²) in [5, 5.41) is 8.43. The number of carbonyl (C=O) groups is 1. The number of aliphatic hydroxyl groups is 1. The van der Waals surface area contributed by atoms with Gasteiger partial charge in [-0.05, 0) is 13.3 Å². The molecule has 1 rings (SSSR count). The van der Waals surface area contributed by atoms with Gasteiger partial charge in [0.15, 0.2) is 0 Å². The molecule has 0 aliphatic heterocycles. The number of esters is 1. The highest BCUT2D eigenvalue weighted by molar-refractivity contribution is 5.76. The Morgan fingerprint density at radius 1 is 1.67 bits per heavy atom. The van der Waals surface area contributed by atoms with Crippen molar-refractivity contribution in [3.8, 4) is 0 Å². The van der Waals surface area contributed by atoms with Crippen LogP contribution in [-0.2, 0) is 14.3 Å². The molecule has 0 radical (unpaired) electrons. The molecule has 0 amide bonds. The largest absolute Gasteiger partial charge is 0.466 e. The van der Waals surface area contributed by atoms with Crippen molar-refractivity contribution in [3.05, 3.63) is 0 Å². The average Bonchev–Trinajstić information content (AvgIpc) is 2.80. The molecule has 12 heavy (non-hydrogen) atoms. The van der Waals surface area contributed by atoms with Gasteiger partial charge in [-0.2, -0.15) is 0 Å². The standard InChI is InChI=1S/C8H14O4/c1-2-11-8(10)6-5-7(6)12-4-3-9/h6-7,9H,2-5H2,1H3/t6-,7-/m1/s1. The smallest absolute Gasteiger partial charge is 0.311 e. The Bertz CT molecular complexity index is 157. The first kappa shape index (κ1) is 9.48. The van der Waals surface area contributed by atoms with Gasteiger partial charge in [0.1, 0.15) is 0 Å². The predicted octanol–water partition coefficient (Wildman–Crippen LogP) is -0.0531. The fourth-order valence-electron chi connectivity index (χ4n) is 1.06. The van der Waals surface area contributed by atoms with E-state index in [1.54, 1.807) is 6.92 Å². The van der Waals surface area contributed by atoms with Crippen LogP contribution in [0.25, 0.3) is 0 Å². The minimum absolute atomic E-state index is 0.00600. The van der Waals surface area contributed by atoms with Crippen LogP contribution >= 0.6 is 0 Å². The minimum atomic E-state index is -0.180. The topological polar surface area (TPSA) is 55.8 Å². The average molecular weight is 174 g/mol. The fraction of sp³-hybridized carbons (Fsp3) is 0.875. The first-order chi connectivity index (χ1) is 5.79. The molecule has 0 aromatic carbocycles. The van der Waals surface area contributed by atoms with Crippen LogP contribution in [-0.4, -0.2) is 37.0 Å². The molecule has 4 nitrogen and oxygen atoms in total. The van der Waals surface area contributed by atoms with Crippen LogP contribution in [0, 0.1) is 5.92 Å². The van der Waals surface area contributed by atoms with Crippen molar-refractivity contribution >= 4 is 5.97 Å². The van der Waals surface area contributed by atoms with E-state index in [1.165, 1.54) is 0 Å². The molecule has 0 spiro atoms. The zero-order chi connectivity index (χ0) is 8.97.